The fraction of sp³-hybridized carbons (Fsp3) is 0.280. The fourth-order valence-corrected chi connectivity index (χ4v) is 3.94. The molecule has 2 amide bonds. The summed E-state index contributed by atoms with van der Waals surface area (Å²) in [7, 11) is 0. The number of hydrogen-bond acceptors (Lipinski definition) is 4. The van der Waals surface area contributed by atoms with E-state index >= 15 is 0 Å². The zero-order chi connectivity index (χ0) is 21.6. The van der Waals surface area contributed by atoms with E-state index in [0.29, 0.717) is 17.7 Å². The lowest BCUT2D eigenvalue weighted by Gasteiger charge is -2.35. The molecule has 0 bridgehead atoms. The first-order valence-electron chi connectivity index (χ1n) is 10.6. The van der Waals surface area contributed by atoms with Gasteiger partial charge in [-0.2, -0.15) is 0 Å². The Bertz CT molecular complexity index is 1040. The Morgan fingerprint density at radius 3 is 2.55 bits per heavy atom. The number of hydrogen-bond donors (Lipinski definition) is 2. The lowest BCUT2D eigenvalue weighted by atomic mass is 10.0. The summed E-state index contributed by atoms with van der Waals surface area (Å²) in [5.74, 6) is 0.567. The van der Waals surface area contributed by atoms with E-state index in [0.717, 1.165) is 42.9 Å². The molecule has 160 valence electrons. The first-order chi connectivity index (χ1) is 15.1. The summed E-state index contributed by atoms with van der Waals surface area (Å²) in [5.41, 5.74) is 3.34. The zero-order valence-corrected chi connectivity index (χ0v) is 17.6. The minimum atomic E-state index is -0.123. The normalized spacial score (nSPS) is 14.3. The van der Waals surface area contributed by atoms with Crippen molar-refractivity contribution in [1.29, 1.82) is 0 Å². The van der Waals surface area contributed by atoms with Crippen molar-refractivity contribution in [3.63, 3.8) is 0 Å². The maximum absolute atomic E-state index is 12.8. The molecule has 4 rings (SSSR count). The van der Waals surface area contributed by atoms with Crippen LogP contribution in [0.5, 0.6) is 0 Å². The van der Waals surface area contributed by atoms with Gasteiger partial charge in [-0.3, -0.25) is 9.59 Å². The van der Waals surface area contributed by atoms with E-state index in [9.17, 15) is 9.59 Å². The summed E-state index contributed by atoms with van der Waals surface area (Å²) in [6.07, 6.45) is 3.26. The van der Waals surface area contributed by atoms with Gasteiger partial charge in [-0.15, -0.1) is 0 Å². The van der Waals surface area contributed by atoms with Gasteiger partial charge in [0, 0.05) is 30.4 Å². The van der Waals surface area contributed by atoms with Gasteiger partial charge in [0.1, 0.15) is 5.76 Å². The van der Waals surface area contributed by atoms with Crippen molar-refractivity contribution < 1.29 is 14.0 Å². The predicted octanol–water partition coefficient (Wildman–Crippen LogP) is 3.92. The maximum atomic E-state index is 12.8. The number of nitrogens with one attached hydrogen (secondary N) is 2. The molecule has 2 heterocycles. The Morgan fingerprint density at radius 1 is 1.00 bits per heavy atom. The molecule has 3 aromatic rings. The van der Waals surface area contributed by atoms with Gasteiger partial charge in [0.25, 0.3) is 11.8 Å². The summed E-state index contributed by atoms with van der Waals surface area (Å²) in [4.78, 5) is 27.5. The minimum absolute atomic E-state index is 0.0279. The van der Waals surface area contributed by atoms with Gasteiger partial charge in [0.15, 0.2) is 0 Å². The second-order valence-electron chi connectivity index (χ2n) is 7.88. The average Bonchev–Trinajstić information content (AvgIpc) is 3.32. The lowest BCUT2D eigenvalue weighted by Crippen LogP contribution is -2.45. The first-order valence-corrected chi connectivity index (χ1v) is 10.6. The first kappa shape index (κ1) is 20.7. The summed E-state index contributed by atoms with van der Waals surface area (Å²) >= 11 is 0. The molecule has 6 nitrogen and oxygen atoms in total. The van der Waals surface area contributed by atoms with Crippen molar-refractivity contribution in [2.75, 3.05) is 18.0 Å². The van der Waals surface area contributed by atoms with Gasteiger partial charge >= 0.3 is 0 Å². The van der Waals surface area contributed by atoms with E-state index in [1.165, 1.54) is 0 Å². The number of aryl methyl sites for hydroxylation is 1. The number of anilines is 1. The Kier molecular flexibility index (Phi) is 6.36. The number of furan rings is 1. The molecule has 1 fully saturated rings. The third kappa shape index (κ3) is 5.15. The van der Waals surface area contributed by atoms with Crippen LogP contribution in [0.25, 0.3) is 0 Å². The molecule has 1 aliphatic heterocycles. The van der Waals surface area contributed by atoms with Crippen molar-refractivity contribution in [2.24, 2.45) is 0 Å². The van der Waals surface area contributed by atoms with Crippen molar-refractivity contribution in [3.05, 3.63) is 89.4 Å². The van der Waals surface area contributed by atoms with E-state index in [2.05, 4.69) is 15.5 Å². The van der Waals surface area contributed by atoms with Crippen LogP contribution in [0.3, 0.4) is 0 Å². The summed E-state index contributed by atoms with van der Waals surface area (Å²) < 4.78 is 5.29. The minimum Gasteiger partial charge on any atom is -0.467 e. The summed E-state index contributed by atoms with van der Waals surface area (Å²) in [6.45, 7) is 3.90. The number of carbonyl (C=O) groups is 2. The SMILES string of the molecule is Cc1cccc(C(=O)NC2CCN(c3ccccc3C(=O)NCc3ccco3)CC2)c1. The van der Waals surface area contributed by atoms with Crippen LogP contribution in [0.4, 0.5) is 5.69 Å². The highest BCUT2D eigenvalue weighted by molar-refractivity contribution is 5.99. The molecule has 0 saturated carbocycles. The molecule has 0 atom stereocenters. The number of amides is 2. The Hall–Kier alpha value is -3.54. The standard InChI is InChI=1S/C25H27N3O3/c1-18-6-4-7-19(16-18)24(29)27-20-11-13-28(14-12-20)23-10-3-2-9-22(23)25(30)26-17-21-8-5-15-31-21/h2-10,15-16,20H,11-14,17H2,1H3,(H,26,30)(H,27,29). The van der Waals surface area contributed by atoms with Gasteiger partial charge in [-0.25, -0.2) is 0 Å². The highest BCUT2D eigenvalue weighted by Crippen LogP contribution is 2.24. The van der Waals surface area contributed by atoms with Crippen LogP contribution in [-0.4, -0.2) is 30.9 Å². The number of piperidine rings is 1. The van der Waals surface area contributed by atoms with Crippen LogP contribution in [0.2, 0.25) is 0 Å². The third-order valence-corrected chi connectivity index (χ3v) is 5.60. The number of benzene rings is 2. The molecular weight excluding hydrogens is 390 g/mol. The van der Waals surface area contributed by atoms with Crippen molar-refractivity contribution >= 4 is 17.5 Å². The highest BCUT2D eigenvalue weighted by Gasteiger charge is 2.24. The Balaban J connectivity index is 1.35. The average molecular weight is 418 g/mol. The Morgan fingerprint density at radius 2 is 1.81 bits per heavy atom. The smallest absolute Gasteiger partial charge is 0.253 e. The van der Waals surface area contributed by atoms with Gasteiger partial charge in [0.05, 0.1) is 18.4 Å². The Labute approximate surface area is 182 Å². The fourth-order valence-electron chi connectivity index (χ4n) is 3.94. The van der Waals surface area contributed by atoms with Gasteiger partial charge in [-0.1, -0.05) is 29.8 Å². The predicted molar refractivity (Wildman–Crippen MR) is 120 cm³/mol. The van der Waals surface area contributed by atoms with Gasteiger partial charge in [0.2, 0.25) is 0 Å². The molecular formula is C25H27N3O3. The van der Waals surface area contributed by atoms with Gasteiger partial charge in [-0.05, 0) is 56.2 Å². The molecule has 1 saturated heterocycles. The van der Waals surface area contributed by atoms with E-state index in [1.807, 2.05) is 61.5 Å². The maximum Gasteiger partial charge on any atom is 0.253 e. The summed E-state index contributed by atoms with van der Waals surface area (Å²) in [6, 6.07) is 19.1. The van der Waals surface area contributed by atoms with E-state index < -0.39 is 0 Å². The second kappa shape index (κ2) is 9.51. The molecule has 0 spiro atoms. The lowest BCUT2D eigenvalue weighted by molar-refractivity contribution is 0.0929. The van der Waals surface area contributed by atoms with Crippen molar-refractivity contribution in [1.82, 2.24) is 10.6 Å². The number of carbonyl (C=O) groups excluding carboxylic acids is 2. The van der Waals surface area contributed by atoms with Gasteiger partial charge < -0.3 is 20.0 Å². The van der Waals surface area contributed by atoms with E-state index in [1.54, 1.807) is 12.3 Å². The molecule has 31 heavy (non-hydrogen) atoms. The van der Waals surface area contributed by atoms with E-state index in [4.69, 9.17) is 4.42 Å². The molecule has 2 N–H and O–H groups in total. The quantitative estimate of drug-likeness (QED) is 0.638. The van der Waals surface area contributed by atoms with Crippen molar-refractivity contribution in [2.45, 2.75) is 32.4 Å². The van der Waals surface area contributed by atoms with Crippen LogP contribution in [-0.2, 0) is 6.54 Å². The topological polar surface area (TPSA) is 74.6 Å². The van der Waals surface area contributed by atoms with Crippen molar-refractivity contribution in [3.8, 4) is 0 Å². The molecule has 6 heteroatoms. The number of nitrogens with zero attached hydrogens (tertiary/aromatic N) is 1. The molecule has 2 aromatic carbocycles. The number of rotatable bonds is 6. The second-order valence-corrected chi connectivity index (χ2v) is 7.88. The molecule has 1 aromatic heterocycles. The highest BCUT2D eigenvalue weighted by atomic mass is 16.3. The third-order valence-electron chi connectivity index (χ3n) is 5.60. The monoisotopic (exact) mass is 417 g/mol. The van der Waals surface area contributed by atoms with Crippen LogP contribution in [0, 0.1) is 6.92 Å². The van der Waals surface area contributed by atoms with Crippen LogP contribution in [0.15, 0.2) is 71.3 Å². The van der Waals surface area contributed by atoms with Crippen LogP contribution < -0.4 is 15.5 Å². The zero-order valence-electron chi connectivity index (χ0n) is 17.6. The largest absolute Gasteiger partial charge is 0.467 e. The number of para-hydroxylation sites is 1. The van der Waals surface area contributed by atoms with Crippen LogP contribution in [0.1, 0.15) is 44.9 Å². The molecule has 0 unspecified atom stereocenters. The molecule has 0 aliphatic carbocycles. The summed E-state index contributed by atoms with van der Waals surface area (Å²) in [5, 5.41) is 6.07. The molecule has 0 radical (unpaired) electrons. The molecule has 1 aliphatic rings. The van der Waals surface area contributed by atoms with E-state index in [-0.39, 0.29) is 17.9 Å². The van der Waals surface area contributed by atoms with Crippen LogP contribution >= 0.6 is 0 Å².